The molecule has 27 heavy (non-hydrogen) atoms. The number of carbonyl (C=O) groups is 2. The highest BCUT2D eigenvalue weighted by molar-refractivity contribution is 5.97. The van der Waals surface area contributed by atoms with Crippen LogP contribution in [-0.2, 0) is 9.59 Å². The van der Waals surface area contributed by atoms with Crippen LogP contribution < -0.4 is 5.32 Å². The van der Waals surface area contributed by atoms with Gasteiger partial charge in [0.15, 0.2) is 5.82 Å². The van der Waals surface area contributed by atoms with Gasteiger partial charge in [-0.25, -0.2) is 4.98 Å². The summed E-state index contributed by atoms with van der Waals surface area (Å²) >= 11 is 0. The van der Waals surface area contributed by atoms with E-state index >= 15 is 0 Å². The van der Waals surface area contributed by atoms with E-state index in [0.29, 0.717) is 24.6 Å². The number of rotatable bonds is 5. The molecule has 7 nitrogen and oxygen atoms in total. The SMILES string of the molecule is C=CC(=O)N1CCCC(C(=O)Nc2ccccc2-c2n[nH]c(C(C)C)n2)C1. The number of anilines is 1. The molecule has 2 aromatic rings. The summed E-state index contributed by atoms with van der Waals surface area (Å²) < 4.78 is 0. The zero-order chi connectivity index (χ0) is 19.4. The Balaban J connectivity index is 1.76. The van der Waals surface area contributed by atoms with E-state index in [0.717, 1.165) is 24.2 Å². The van der Waals surface area contributed by atoms with Gasteiger partial charge in [0.05, 0.1) is 11.6 Å². The molecule has 0 bridgehead atoms. The zero-order valence-electron chi connectivity index (χ0n) is 15.7. The molecule has 1 unspecified atom stereocenters. The maximum atomic E-state index is 12.8. The summed E-state index contributed by atoms with van der Waals surface area (Å²) in [5.74, 6) is 1.13. The number of likely N-dealkylation sites (tertiary alicyclic amines) is 1. The Labute approximate surface area is 158 Å². The first-order valence-electron chi connectivity index (χ1n) is 9.23. The van der Waals surface area contributed by atoms with Crippen LogP contribution in [0.15, 0.2) is 36.9 Å². The molecule has 1 aromatic heterocycles. The van der Waals surface area contributed by atoms with Crippen LogP contribution >= 0.6 is 0 Å². The van der Waals surface area contributed by atoms with Crippen LogP contribution in [0.4, 0.5) is 5.69 Å². The van der Waals surface area contributed by atoms with Crippen molar-refractivity contribution in [3.63, 3.8) is 0 Å². The molecule has 0 aliphatic carbocycles. The number of piperidine rings is 1. The Morgan fingerprint density at radius 3 is 2.85 bits per heavy atom. The van der Waals surface area contributed by atoms with Crippen molar-refractivity contribution in [1.29, 1.82) is 0 Å². The highest BCUT2D eigenvalue weighted by Gasteiger charge is 2.28. The molecule has 2 amide bonds. The van der Waals surface area contributed by atoms with Gasteiger partial charge in [0, 0.05) is 24.6 Å². The molecule has 142 valence electrons. The molecule has 1 atom stereocenters. The fourth-order valence-electron chi connectivity index (χ4n) is 3.20. The molecule has 7 heteroatoms. The molecule has 1 fully saturated rings. The van der Waals surface area contributed by atoms with E-state index in [2.05, 4.69) is 27.1 Å². The van der Waals surface area contributed by atoms with Gasteiger partial charge in [-0.3, -0.25) is 14.7 Å². The second kappa shape index (κ2) is 8.16. The third-order valence-corrected chi connectivity index (χ3v) is 4.75. The van der Waals surface area contributed by atoms with E-state index in [4.69, 9.17) is 0 Å². The number of carbonyl (C=O) groups excluding carboxylic acids is 2. The van der Waals surface area contributed by atoms with E-state index < -0.39 is 0 Å². The third kappa shape index (κ3) is 4.24. The van der Waals surface area contributed by atoms with E-state index in [1.165, 1.54) is 6.08 Å². The van der Waals surface area contributed by atoms with Gasteiger partial charge < -0.3 is 10.2 Å². The van der Waals surface area contributed by atoms with Crippen molar-refractivity contribution >= 4 is 17.5 Å². The van der Waals surface area contributed by atoms with Gasteiger partial charge in [-0.15, -0.1) is 0 Å². The fraction of sp³-hybridized carbons (Fsp3) is 0.400. The summed E-state index contributed by atoms with van der Waals surface area (Å²) in [5, 5.41) is 10.2. The molecule has 3 rings (SSSR count). The van der Waals surface area contributed by atoms with Crippen molar-refractivity contribution in [2.24, 2.45) is 5.92 Å². The minimum absolute atomic E-state index is 0.0939. The summed E-state index contributed by atoms with van der Waals surface area (Å²) in [6, 6.07) is 7.48. The average Bonchev–Trinajstić information content (AvgIpc) is 3.18. The number of nitrogens with zero attached hydrogens (tertiary/aromatic N) is 3. The van der Waals surface area contributed by atoms with Gasteiger partial charge in [0.2, 0.25) is 11.8 Å². The first-order valence-corrected chi connectivity index (χ1v) is 9.23. The fourth-order valence-corrected chi connectivity index (χ4v) is 3.20. The van der Waals surface area contributed by atoms with Crippen LogP contribution in [0.3, 0.4) is 0 Å². The topological polar surface area (TPSA) is 91.0 Å². The molecule has 0 saturated carbocycles. The number of aromatic amines is 1. The van der Waals surface area contributed by atoms with Crippen molar-refractivity contribution in [3.8, 4) is 11.4 Å². The molecule has 2 N–H and O–H groups in total. The Morgan fingerprint density at radius 2 is 2.15 bits per heavy atom. The molecule has 1 aliphatic rings. The normalized spacial score (nSPS) is 17.0. The van der Waals surface area contributed by atoms with Crippen molar-refractivity contribution in [1.82, 2.24) is 20.1 Å². The molecular formula is C20H25N5O2. The molecule has 2 heterocycles. The number of aromatic nitrogens is 3. The van der Waals surface area contributed by atoms with Gasteiger partial charge in [0.1, 0.15) is 5.82 Å². The van der Waals surface area contributed by atoms with Crippen molar-refractivity contribution in [2.45, 2.75) is 32.6 Å². The lowest BCUT2D eigenvalue weighted by Crippen LogP contribution is -2.43. The highest BCUT2D eigenvalue weighted by atomic mass is 16.2. The molecular weight excluding hydrogens is 342 g/mol. The van der Waals surface area contributed by atoms with Crippen LogP contribution in [-0.4, -0.2) is 45.0 Å². The number of H-pyrrole nitrogens is 1. The summed E-state index contributed by atoms with van der Waals surface area (Å²) in [4.78, 5) is 30.8. The monoisotopic (exact) mass is 367 g/mol. The summed E-state index contributed by atoms with van der Waals surface area (Å²) in [5.41, 5.74) is 1.44. The Morgan fingerprint density at radius 1 is 1.37 bits per heavy atom. The summed E-state index contributed by atoms with van der Waals surface area (Å²) in [6.07, 6.45) is 2.86. The first kappa shape index (κ1) is 18.8. The number of hydrogen-bond donors (Lipinski definition) is 2. The Bertz CT molecular complexity index is 842. The number of benzene rings is 1. The van der Waals surface area contributed by atoms with Gasteiger partial charge in [-0.05, 0) is 31.1 Å². The van der Waals surface area contributed by atoms with E-state index in [-0.39, 0.29) is 23.7 Å². The number of para-hydroxylation sites is 1. The van der Waals surface area contributed by atoms with Crippen LogP contribution in [0.2, 0.25) is 0 Å². The summed E-state index contributed by atoms with van der Waals surface area (Å²) in [6.45, 7) is 8.68. The van der Waals surface area contributed by atoms with E-state index in [1.54, 1.807) is 4.90 Å². The maximum absolute atomic E-state index is 12.8. The minimum atomic E-state index is -0.242. The number of amides is 2. The molecule has 1 aromatic carbocycles. The predicted molar refractivity (Wildman–Crippen MR) is 104 cm³/mol. The molecule has 1 saturated heterocycles. The number of nitrogens with one attached hydrogen (secondary N) is 2. The second-order valence-corrected chi connectivity index (χ2v) is 7.06. The highest BCUT2D eigenvalue weighted by Crippen LogP contribution is 2.27. The first-order chi connectivity index (χ1) is 13.0. The Kier molecular flexibility index (Phi) is 5.69. The molecule has 0 spiro atoms. The average molecular weight is 367 g/mol. The maximum Gasteiger partial charge on any atom is 0.245 e. The van der Waals surface area contributed by atoms with Crippen LogP contribution in [0, 0.1) is 5.92 Å². The van der Waals surface area contributed by atoms with Gasteiger partial charge in [0.25, 0.3) is 0 Å². The smallest absolute Gasteiger partial charge is 0.245 e. The summed E-state index contributed by atoms with van der Waals surface area (Å²) in [7, 11) is 0. The lowest BCUT2D eigenvalue weighted by atomic mass is 9.96. The van der Waals surface area contributed by atoms with Crippen LogP contribution in [0.1, 0.15) is 38.4 Å². The number of hydrogen-bond acceptors (Lipinski definition) is 4. The van der Waals surface area contributed by atoms with Crippen LogP contribution in [0.5, 0.6) is 0 Å². The molecule has 1 aliphatic heterocycles. The lowest BCUT2D eigenvalue weighted by Gasteiger charge is -2.31. The minimum Gasteiger partial charge on any atom is -0.338 e. The zero-order valence-corrected chi connectivity index (χ0v) is 15.7. The van der Waals surface area contributed by atoms with Gasteiger partial charge in [-0.2, -0.15) is 5.10 Å². The standard InChI is InChI=1S/C20H25N5O2/c1-4-17(26)25-11-7-8-14(12-25)20(27)21-16-10-6-5-9-15(16)19-22-18(13(2)3)23-24-19/h4-6,9-10,13-14H,1,7-8,11-12H2,2-3H3,(H,21,27)(H,22,23,24). The quantitative estimate of drug-likeness (QED) is 0.795. The third-order valence-electron chi connectivity index (χ3n) is 4.75. The van der Waals surface area contributed by atoms with Crippen molar-refractivity contribution < 1.29 is 9.59 Å². The van der Waals surface area contributed by atoms with Gasteiger partial charge in [-0.1, -0.05) is 32.6 Å². The molecule has 0 radical (unpaired) electrons. The van der Waals surface area contributed by atoms with Crippen LogP contribution in [0.25, 0.3) is 11.4 Å². The van der Waals surface area contributed by atoms with Crippen molar-refractivity contribution in [2.75, 3.05) is 18.4 Å². The lowest BCUT2D eigenvalue weighted by molar-refractivity contribution is -0.130. The van der Waals surface area contributed by atoms with E-state index in [1.807, 2.05) is 38.1 Å². The second-order valence-electron chi connectivity index (χ2n) is 7.06. The van der Waals surface area contributed by atoms with Gasteiger partial charge >= 0.3 is 0 Å². The largest absolute Gasteiger partial charge is 0.338 e. The van der Waals surface area contributed by atoms with Crippen molar-refractivity contribution in [3.05, 3.63) is 42.7 Å². The van der Waals surface area contributed by atoms with E-state index in [9.17, 15) is 9.59 Å². The Hall–Kier alpha value is -2.96. The predicted octanol–water partition coefficient (Wildman–Crippen LogP) is 2.96.